The molecule has 0 saturated heterocycles. The minimum absolute atomic E-state index is 0.435. The van der Waals surface area contributed by atoms with Crippen LogP contribution >= 0.6 is 27.5 Å². The van der Waals surface area contributed by atoms with Crippen LogP contribution in [0.25, 0.3) is 11.4 Å². The zero-order valence-electron chi connectivity index (χ0n) is 10.1. The molecule has 0 aliphatic heterocycles. The molecular formula is C12H13BrClN3O. The first-order chi connectivity index (χ1) is 8.56. The Kier molecular flexibility index (Phi) is 4.24. The summed E-state index contributed by atoms with van der Waals surface area (Å²) in [6.45, 7) is 5.02. The second kappa shape index (κ2) is 5.71. The number of nitrogens with one attached hydrogen (secondary N) is 1. The molecule has 0 amide bonds. The van der Waals surface area contributed by atoms with Crippen LogP contribution in [0.4, 0.5) is 6.01 Å². The van der Waals surface area contributed by atoms with Crippen LogP contribution in [0, 0.1) is 5.92 Å². The quantitative estimate of drug-likeness (QED) is 0.912. The van der Waals surface area contributed by atoms with E-state index in [9.17, 15) is 0 Å². The zero-order chi connectivity index (χ0) is 13.1. The molecule has 0 saturated carbocycles. The molecule has 0 radical (unpaired) electrons. The lowest BCUT2D eigenvalue weighted by Gasteiger charge is -2.02. The van der Waals surface area contributed by atoms with Gasteiger partial charge >= 0.3 is 6.01 Å². The van der Waals surface area contributed by atoms with Crippen LogP contribution in [0.1, 0.15) is 13.8 Å². The average Bonchev–Trinajstić information content (AvgIpc) is 2.79. The first-order valence-corrected chi connectivity index (χ1v) is 6.76. The molecule has 1 heterocycles. The first kappa shape index (κ1) is 13.4. The molecule has 0 bridgehead atoms. The van der Waals surface area contributed by atoms with Crippen molar-refractivity contribution in [2.24, 2.45) is 5.92 Å². The van der Waals surface area contributed by atoms with Gasteiger partial charge in [0.1, 0.15) is 0 Å². The number of halogens is 2. The van der Waals surface area contributed by atoms with Gasteiger partial charge < -0.3 is 9.84 Å². The molecular weight excluding hydrogens is 318 g/mol. The summed E-state index contributed by atoms with van der Waals surface area (Å²) in [7, 11) is 0. The van der Waals surface area contributed by atoms with E-state index in [0.29, 0.717) is 22.8 Å². The minimum atomic E-state index is 0.435. The summed E-state index contributed by atoms with van der Waals surface area (Å²) in [6, 6.07) is 5.94. The molecule has 1 aromatic carbocycles. The third-order valence-corrected chi connectivity index (χ3v) is 3.48. The summed E-state index contributed by atoms with van der Waals surface area (Å²) < 4.78 is 5.93. The fourth-order valence-corrected chi connectivity index (χ4v) is 1.84. The van der Waals surface area contributed by atoms with Crippen molar-refractivity contribution in [3.63, 3.8) is 0 Å². The molecule has 1 N–H and O–H groups in total. The van der Waals surface area contributed by atoms with Crippen LogP contribution in [0.5, 0.6) is 0 Å². The van der Waals surface area contributed by atoms with Gasteiger partial charge in [-0.3, -0.25) is 0 Å². The van der Waals surface area contributed by atoms with Gasteiger partial charge in [-0.15, -0.1) is 0 Å². The van der Waals surface area contributed by atoms with Gasteiger partial charge in [0.25, 0.3) is 0 Å². The van der Waals surface area contributed by atoms with E-state index in [-0.39, 0.29) is 0 Å². The van der Waals surface area contributed by atoms with Crippen LogP contribution < -0.4 is 5.32 Å². The molecule has 96 valence electrons. The number of hydrogen-bond donors (Lipinski definition) is 1. The van der Waals surface area contributed by atoms with Crippen molar-refractivity contribution < 1.29 is 4.52 Å². The molecule has 0 spiro atoms. The highest BCUT2D eigenvalue weighted by Gasteiger charge is 2.09. The third-order valence-electron chi connectivity index (χ3n) is 2.27. The lowest BCUT2D eigenvalue weighted by atomic mass is 10.2. The standard InChI is InChI=1S/C12H13BrClN3O/c1-7(2)6-15-12-16-11(17-18-12)8-3-4-10(14)9(13)5-8/h3-5,7H,6H2,1-2H3,(H,15,16,17). The molecule has 0 atom stereocenters. The van der Waals surface area contributed by atoms with Gasteiger partial charge in [0.2, 0.25) is 5.82 Å². The Morgan fingerprint density at radius 3 is 2.89 bits per heavy atom. The van der Waals surface area contributed by atoms with Gasteiger partial charge in [-0.25, -0.2) is 0 Å². The monoisotopic (exact) mass is 329 g/mol. The lowest BCUT2D eigenvalue weighted by molar-refractivity contribution is 0.429. The molecule has 18 heavy (non-hydrogen) atoms. The smallest absolute Gasteiger partial charge is 0.321 e. The van der Waals surface area contributed by atoms with Gasteiger partial charge in [0, 0.05) is 16.6 Å². The lowest BCUT2D eigenvalue weighted by Crippen LogP contribution is -2.07. The van der Waals surface area contributed by atoms with Crippen molar-refractivity contribution in [3.8, 4) is 11.4 Å². The Morgan fingerprint density at radius 1 is 1.44 bits per heavy atom. The Bertz CT molecular complexity index is 542. The van der Waals surface area contributed by atoms with Crippen LogP contribution in [-0.4, -0.2) is 16.7 Å². The van der Waals surface area contributed by atoms with Crippen LogP contribution in [-0.2, 0) is 0 Å². The number of rotatable bonds is 4. The Balaban J connectivity index is 2.16. The third kappa shape index (κ3) is 3.23. The molecule has 0 fully saturated rings. The molecule has 4 nitrogen and oxygen atoms in total. The number of benzene rings is 1. The average molecular weight is 331 g/mol. The van der Waals surface area contributed by atoms with Gasteiger partial charge in [0.15, 0.2) is 0 Å². The molecule has 0 aliphatic carbocycles. The SMILES string of the molecule is CC(C)CNc1nc(-c2ccc(Cl)c(Br)c2)no1. The van der Waals surface area contributed by atoms with Crippen molar-refractivity contribution in [2.75, 3.05) is 11.9 Å². The van der Waals surface area contributed by atoms with E-state index in [1.54, 1.807) is 6.07 Å². The van der Waals surface area contributed by atoms with E-state index in [4.69, 9.17) is 16.1 Å². The maximum Gasteiger partial charge on any atom is 0.321 e. The zero-order valence-corrected chi connectivity index (χ0v) is 12.4. The molecule has 2 rings (SSSR count). The minimum Gasteiger partial charge on any atom is -0.337 e. The van der Waals surface area contributed by atoms with E-state index in [1.165, 1.54) is 0 Å². The summed E-state index contributed by atoms with van der Waals surface area (Å²) in [5.41, 5.74) is 0.854. The summed E-state index contributed by atoms with van der Waals surface area (Å²) in [4.78, 5) is 4.27. The number of nitrogens with zero attached hydrogens (tertiary/aromatic N) is 2. The second-order valence-electron chi connectivity index (χ2n) is 4.33. The molecule has 0 unspecified atom stereocenters. The number of anilines is 1. The highest BCUT2D eigenvalue weighted by Crippen LogP contribution is 2.27. The number of hydrogen-bond acceptors (Lipinski definition) is 4. The molecule has 6 heteroatoms. The fourth-order valence-electron chi connectivity index (χ4n) is 1.34. The molecule has 2 aromatic rings. The van der Waals surface area contributed by atoms with Gasteiger partial charge in [-0.2, -0.15) is 4.98 Å². The molecule has 0 aliphatic rings. The first-order valence-electron chi connectivity index (χ1n) is 5.59. The van der Waals surface area contributed by atoms with E-state index < -0.39 is 0 Å². The maximum absolute atomic E-state index is 5.93. The Hall–Kier alpha value is -1.07. The van der Waals surface area contributed by atoms with Crippen molar-refractivity contribution in [1.82, 2.24) is 10.1 Å². The van der Waals surface area contributed by atoms with Crippen LogP contribution in [0.3, 0.4) is 0 Å². The largest absolute Gasteiger partial charge is 0.337 e. The van der Waals surface area contributed by atoms with Gasteiger partial charge in [-0.1, -0.05) is 30.6 Å². The predicted octanol–water partition coefficient (Wildman–Crippen LogP) is 4.22. The van der Waals surface area contributed by atoms with Crippen molar-refractivity contribution >= 4 is 33.5 Å². The van der Waals surface area contributed by atoms with Gasteiger partial charge in [-0.05, 0) is 40.0 Å². The Labute approximate surface area is 119 Å². The normalized spacial score (nSPS) is 10.9. The van der Waals surface area contributed by atoms with Crippen molar-refractivity contribution in [2.45, 2.75) is 13.8 Å². The maximum atomic E-state index is 5.93. The van der Waals surface area contributed by atoms with E-state index >= 15 is 0 Å². The molecule has 1 aromatic heterocycles. The van der Waals surface area contributed by atoms with Gasteiger partial charge in [0.05, 0.1) is 5.02 Å². The summed E-state index contributed by atoms with van der Waals surface area (Å²) >= 11 is 9.30. The second-order valence-corrected chi connectivity index (χ2v) is 5.59. The van der Waals surface area contributed by atoms with Crippen LogP contribution in [0.2, 0.25) is 5.02 Å². The summed E-state index contributed by atoms with van der Waals surface area (Å²) in [6.07, 6.45) is 0. The fraction of sp³-hybridized carbons (Fsp3) is 0.333. The van der Waals surface area contributed by atoms with Crippen molar-refractivity contribution in [1.29, 1.82) is 0 Å². The Morgan fingerprint density at radius 2 is 2.22 bits per heavy atom. The highest BCUT2D eigenvalue weighted by molar-refractivity contribution is 9.10. The van der Waals surface area contributed by atoms with E-state index in [1.807, 2.05) is 12.1 Å². The summed E-state index contributed by atoms with van der Waals surface area (Å²) in [5, 5.41) is 7.66. The van der Waals surface area contributed by atoms with E-state index in [2.05, 4.69) is 45.2 Å². The van der Waals surface area contributed by atoms with Crippen LogP contribution in [0.15, 0.2) is 27.2 Å². The topological polar surface area (TPSA) is 51.0 Å². The predicted molar refractivity (Wildman–Crippen MR) is 75.8 cm³/mol. The summed E-state index contributed by atoms with van der Waals surface area (Å²) in [5.74, 6) is 1.06. The highest BCUT2D eigenvalue weighted by atomic mass is 79.9. The van der Waals surface area contributed by atoms with Crippen molar-refractivity contribution in [3.05, 3.63) is 27.7 Å². The van der Waals surface area contributed by atoms with E-state index in [0.717, 1.165) is 16.6 Å². The number of aromatic nitrogens is 2.